The first-order chi connectivity index (χ1) is 10.1. The molecule has 12 heteroatoms. The molecule has 0 saturated heterocycles. The Bertz CT molecular complexity index is 635. The van der Waals surface area contributed by atoms with Gasteiger partial charge in [-0.25, -0.2) is 17.6 Å². The molecule has 0 unspecified atom stereocenters. The van der Waals surface area contributed by atoms with Crippen LogP contribution in [0.15, 0.2) is 58.1 Å². The van der Waals surface area contributed by atoms with Crippen molar-refractivity contribution in [3.8, 4) is 0 Å². The van der Waals surface area contributed by atoms with E-state index in [1.54, 1.807) is 0 Å². The summed E-state index contributed by atoms with van der Waals surface area (Å²) in [5.74, 6) is -16.0. The molecular formula is C12ClF10Sb-. The summed E-state index contributed by atoms with van der Waals surface area (Å²) in [5, 5.41) is 0. The molecule has 131 valence electrons. The minimum absolute atomic E-state index is 0. The van der Waals surface area contributed by atoms with Gasteiger partial charge in [-0.15, -0.1) is 0 Å². The van der Waals surface area contributed by atoms with Crippen molar-refractivity contribution >= 4 is 24.4 Å². The van der Waals surface area contributed by atoms with Gasteiger partial charge in [-0.05, 0) is 11.5 Å². The van der Waals surface area contributed by atoms with Gasteiger partial charge in [-0.1, -0.05) is 0 Å². The van der Waals surface area contributed by atoms with E-state index in [4.69, 9.17) is 0 Å². The van der Waals surface area contributed by atoms with Crippen molar-refractivity contribution in [1.29, 1.82) is 0 Å². The van der Waals surface area contributed by atoms with Crippen molar-refractivity contribution in [2.24, 2.45) is 0 Å². The van der Waals surface area contributed by atoms with Crippen LogP contribution in [0.2, 0.25) is 0 Å². The van der Waals surface area contributed by atoms with Gasteiger partial charge in [0.05, 0.1) is 0 Å². The molecule has 0 aromatic rings. The molecule has 0 atom stereocenters. The van der Waals surface area contributed by atoms with E-state index in [9.17, 15) is 43.9 Å². The van der Waals surface area contributed by atoms with Gasteiger partial charge in [-0.2, -0.15) is 26.3 Å². The van der Waals surface area contributed by atoms with Gasteiger partial charge in [-0.3, -0.25) is 0 Å². The first kappa shape index (κ1) is 25.2. The Hall–Kier alpha value is -1.07. The van der Waals surface area contributed by atoms with Crippen LogP contribution in [-0.4, -0.2) is 24.4 Å². The number of hydrogen-bond donors (Lipinski definition) is 0. The zero-order chi connectivity index (χ0) is 17.2. The number of hydrogen-bond acceptors (Lipinski definition) is 0. The van der Waals surface area contributed by atoms with Crippen LogP contribution < -0.4 is 12.4 Å². The molecule has 0 aliphatic heterocycles. The van der Waals surface area contributed by atoms with Gasteiger partial charge in [0.1, 0.15) is 0 Å². The van der Waals surface area contributed by atoms with E-state index in [1.807, 2.05) is 0 Å². The molecule has 0 spiro atoms. The molecule has 0 bridgehead atoms. The maximum absolute atomic E-state index is 12.0. The van der Waals surface area contributed by atoms with Crippen LogP contribution in [0, 0.1) is 12.3 Å². The Morgan fingerprint density at radius 1 is 0.417 bits per heavy atom. The minimum atomic E-state index is -2.17. The normalized spacial score (nSPS) is 18.4. The summed E-state index contributed by atoms with van der Waals surface area (Å²) in [4.78, 5) is 0. The maximum atomic E-state index is 12.0. The van der Waals surface area contributed by atoms with Crippen LogP contribution in [0.4, 0.5) is 43.9 Å². The third-order valence-corrected chi connectivity index (χ3v) is 1.98. The van der Waals surface area contributed by atoms with Crippen molar-refractivity contribution in [3.63, 3.8) is 0 Å². The molecule has 0 amide bonds. The van der Waals surface area contributed by atoms with E-state index in [2.05, 4.69) is 0 Å². The summed E-state index contributed by atoms with van der Waals surface area (Å²) in [7, 11) is 0. The monoisotopic (exact) mass is 490 g/mol. The average Bonchev–Trinajstić information content (AvgIpc) is 2.47. The molecule has 2 rings (SSSR count). The van der Waals surface area contributed by atoms with Crippen molar-refractivity contribution in [2.45, 2.75) is 0 Å². The minimum Gasteiger partial charge on any atom is -1.00 e. The first-order valence-electron chi connectivity index (χ1n) is 4.89. The summed E-state index contributed by atoms with van der Waals surface area (Å²) in [6.07, 6.45) is -4.13. The molecule has 0 aromatic heterocycles. The second-order valence-corrected chi connectivity index (χ2v) is 3.39. The molecule has 24 heavy (non-hydrogen) atoms. The first-order valence-corrected chi connectivity index (χ1v) is 4.89. The largest absolute Gasteiger partial charge is 1.00 e. The molecule has 0 aromatic carbocycles. The number of halogens is 11. The van der Waals surface area contributed by atoms with E-state index in [0.29, 0.717) is 0 Å². The van der Waals surface area contributed by atoms with Crippen LogP contribution >= 0.6 is 0 Å². The van der Waals surface area contributed by atoms with E-state index in [0.717, 1.165) is 11.5 Å². The Labute approximate surface area is 151 Å². The van der Waals surface area contributed by atoms with Gasteiger partial charge < -0.3 is 12.4 Å². The number of rotatable bonds is 0. The van der Waals surface area contributed by atoms with Crippen LogP contribution in [0.3, 0.4) is 0 Å². The second-order valence-electron chi connectivity index (χ2n) is 3.39. The molecule has 0 saturated carbocycles. The topological polar surface area (TPSA) is 0 Å². The Kier molecular flexibility index (Phi) is 10.5. The third kappa shape index (κ3) is 5.48. The molecule has 5 radical (unpaired) electrons. The van der Waals surface area contributed by atoms with Crippen LogP contribution in [0.1, 0.15) is 0 Å². The molecule has 0 heterocycles. The van der Waals surface area contributed by atoms with Gasteiger partial charge >= 0.3 is 0 Å². The van der Waals surface area contributed by atoms with Crippen molar-refractivity contribution in [1.82, 2.24) is 0 Å². The predicted octanol–water partition coefficient (Wildman–Crippen LogP) is 2.54. The van der Waals surface area contributed by atoms with Crippen LogP contribution in [-0.2, 0) is 0 Å². The summed E-state index contributed by atoms with van der Waals surface area (Å²) in [5.41, 5.74) is 2.05. The molecule has 2 aliphatic carbocycles. The second kappa shape index (κ2) is 10.0. The van der Waals surface area contributed by atoms with E-state index in [-0.39, 0.29) is 36.8 Å². The molecular weight excluding hydrogens is 491 g/mol. The summed E-state index contributed by atoms with van der Waals surface area (Å²) in [6, 6.07) is 0. The molecule has 0 fully saturated rings. The fraction of sp³-hybridized carbons (Fsp3) is 0. The predicted molar refractivity (Wildman–Crippen MR) is 58.4 cm³/mol. The van der Waals surface area contributed by atoms with Gasteiger partial charge in [0.25, 0.3) is 12.3 Å². The smallest absolute Gasteiger partial charge is 0.270 e. The van der Waals surface area contributed by atoms with E-state index in [1.165, 1.54) is 0 Å². The van der Waals surface area contributed by atoms with Gasteiger partial charge in [0.2, 0.25) is 23.3 Å². The van der Waals surface area contributed by atoms with Crippen LogP contribution in [0.5, 0.6) is 0 Å². The zero-order valence-corrected chi connectivity index (χ0v) is 13.9. The summed E-state index contributed by atoms with van der Waals surface area (Å²) < 4.78 is 120. The Morgan fingerprint density at radius 2 is 0.667 bits per heavy atom. The standard InChI is InChI=1S/2C6F5.ClH.Sb/c2*7-2-1-3(8)5(10)6(11)4(2)9;;/h;;1H;/p-1. The fourth-order valence-electron chi connectivity index (χ4n) is 0.990. The van der Waals surface area contributed by atoms with Crippen molar-refractivity contribution < 1.29 is 56.3 Å². The maximum Gasteiger partial charge on any atom is 0.270 e. The fourth-order valence-corrected chi connectivity index (χ4v) is 0.990. The molecule has 0 nitrogen and oxygen atoms in total. The van der Waals surface area contributed by atoms with Crippen molar-refractivity contribution in [2.75, 3.05) is 0 Å². The molecule has 2 aliphatic rings. The van der Waals surface area contributed by atoms with Crippen molar-refractivity contribution in [3.05, 3.63) is 70.4 Å². The Balaban J connectivity index is 0. The van der Waals surface area contributed by atoms with E-state index < -0.39 is 59.0 Å². The quantitative estimate of drug-likeness (QED) is 0.278. The number of allylic oxidation sites excluding steroid dienone is 6. The summed E-state index contributed by atoms with van der Waals surface area (Å²) in [6.45, 7) is 0. The van der Waals surface area contributed by atoms with Crippen LogP contribution in [0.25, 0.3) is 0 Å². The average molecular weight is 491 g/mol. The third-order valence-electron chi connectivity index (χ3n) is 1.98. The van der Waals surface area contributed by atoms with E-state index >= 15 is 0 Å². The zero-order valence-electron chi connectivity index (χ0n) is 10.6. The van der Waals surface area contributed by atoms with Gasteiger partial charge in [0.15, 0.2) is 23.3 Å². The summed E-state index contributed by atoms with van der Waals surface area (Å²) >= 11 is 0. The molecule has 0 N–H and O–H groups in total. The van der Waals surface area contributed by atoms with Gasteiger partial charge in [0, 0.05) is 24.4 Å². The SMILES string of the molecule is F[C]1C(F)=C=C(F)C(F)=C1F.F[C]1C(F)=C=C(F)C(F)=C1F.[Cl-].[Sb]. The Morgan fingerprint density at radius 3 is 0.917 bits per heavy atom.